The van der Waals surface area contributed by atoms with E-state index in [-0.39, 0.29) is 36.4 Å². The number of amides is 1. The smallest absolute Gasteiger partial charge is 0.243 e. The monoisotopic (exact) mass is 494 g/mol. The fraction of sp³-hybridized carbons (Fsp3) is 0.900. The zero-order valence-electron chi connectivity index (χ0n) is 17.4. The molecule has 6 nitrogen and oxygen atoms in total. The van der Waals surface area contributed by atoms with Crippen molar-refractivity contribution in [3.8, 4) is 0 Å². The number of hydrogen-bond acceptors (Lipinski definition) is 3. The molecule has 1 amide bonds. The molecule has 158 valence electrons. The normalized spacial score (nSPS) is 19.1. The number of carbonyl (C=O) groups excluding carboxylic acids is 1. The van der Waals surface area contributed by atoms with E-state index >= 15 is 0 Å². The molecule has 0 aromatic rings. The molecule has 0 radical (unpaired) electrons. The third-order valence-corrected chi connectivity index (χ3v) is 5.72. The molecule has 0 aromatic heterocycles. The molecule has 2 N–H and O–H groups in total. The van der Waals surface area contributed by atoms with Gasteiger partial charge in [-0.15, -0.1) is 24.0 Å². The van der Waals surface area contributed by atoms with Gasteiger partial charge in [0, 0.05) is 40.4 Å². The second kappa shape index (κ2) is 12.8. The van der Waals surface area contributed by atoms with Gasteiger partial charge in [-0.3, -0.25) is 4.79 Å². The zero-order valence-corrected chi connectivity index (χ0v) is 19.7. The summed E-state index contributed by atoms with van der Waals surface area (Å²) in [6.07, 6.45) is 10.2. The predicted octanol–water partition coefficient (Wildman–Crippen LogP) is 3.01. The average molecular weight is 494 g/mol. The van der Waals surface area contributed by atoms with Crippen LogP contribution in [0.5, 0.6) is 0 Å². The molecule has 0 heterocycles. The van der Waals surface area contributed by atoms with Crippen molar-refractivity contribution in [3.63, 3.8) is 0 Å². The summed E-state index contributed by atoms with van der Waals surface area (Å²) in [5.74, 6) is 1.54. The fourth-order valence-corrected chi connectivity index (χ4v) is 3.49. The van der Waals surface area contributed by atoms with Gasteiger partial charge in [-0.25, -0.2) is 4.99 Å². The van der Waals surface area contributed by atoms with Gasteiger partial charge in [-0.2, -0.15) is 0 Å². The predicted molar refractivity (Wildman–Crippen MR) is 122 cm³/mol. The maximum absolute atomic E-state index is 11.9. The number of nitrogens with zero attached hydrogens (tertiary/aromatic N) is 2. The van der Waals surface area contributed by atoms with Crippen LogP contribution in [-0.2, 0) is 9.53 Å². The fourth-order valence-electron chi connectivity index (χ4n) is 3.49. The van der Waals surface area contributed by atoms with Crippen LogP contribution in [0, 0.1) is 11.3 Å². The van der Waals surface area contributed by atoms with E-state index < -0.39 is 0 Å². The van der Waals surface area contributed by atoms with Crippen LogP contribution in [0.3, 0.4) is 0 Å². The van der Waals surface area contributed by atoms with Crippen LogP contribution in [-0.4, -0.2) is 63.7 Å². The molecule has 7 heteroatoms. The van der Waals surface area contributed by atoms with E-state index in [1.165, 1.54) is 44.9 Å². The number of nitrogens with one attached hydrogen (secondary N) is 2. The van der Waals surface area contributed by atoms with Gasteiger partial charge in [0.25, 0.3) is 0 Å². The summed E-state index contributed by atoms with van der Waals surface area (Å²) in [4.78, 5) is 18.0. The Bertz CT molecular complexity index is 461. The number of likely N-dealkylation sites (N-methyl/N-ethyl adjacent to an activating group) is 1. The molecule has 0 aromatic carbocycles. The van der Waals surface area contributed by atoms with Crippen molar-refractivity contribution >= 4 is 35.8 Å². The summed E-state index contributed by atoms with van der Waals surface area (Å²) in [5.41, 5.74) is 0.355. The molecule has 2 aliphatic rings. The first-order chi connectivity index (χ1) is 12.5. The Morgan fingerprint density at radius 2 is 1.89 bits per heavy atom. The Hall–Kier alpha value is -0.570. The molecule has 0 atom stereocenters. The van der Waals surface area contributed by atoms with Crippen LogP contribution in [0.1, 0.15) is 58.3 Å². The lowest BCUT2D eigenvalue weighted by Gasteiger charge is -2.24. The maximum atomic E-state index is 11.9. The third kappa shape index (κ3) is 9.45. The van der Waals surface area contributed by atoms with Crippen molar-refractivity contribution in [2.24, 2.45) is 16.3 Å². The topological polar surface area (TPSA) is 66.0 Å². The maximum Gasteiger partial charge on any atom is 0.243 e. The van der Waals surface area contributed by atoms with Gasteiger partial charge < -0.3 is 20.3 Å². The molecule has 2 rings (SSSR count). The Kier molecular flexibility index (Phi) is 11.6. The molecule has 27 heavy (non-hydrogen) atoms. The van der Waals surface area contributed by atoms with Crippen LogP contribution in [0.2, 0.25) is 0 Å². The minimum atomic E-state index is 0. The quantitative estimate of drug-likeness (QED) is 0.212. The molecule has 0 saturated heterocycles. The molecule has 2 saturated carbocycles. The first-order valence-electron chi connectivity index (χ1n) is 10.3. The number of carbonyl (C=O) groups is 1. The largest absolute Gasteiger partial charge is 0.382 e. The number of rotatable bonds is 10. The molecular weight excluding hydrogens is 455 g/mol. The van der Waals surface area contributed by atoms with E-state index in [0.717, 1.165) is 44.6 Å². The average Bonchev–Trinajstić information content (AvgIpc) is 3.42. The first-order valence-corrected chi connectivity index (χ1v) is 10.3. The summed E-state index contributed by atoms with van der Waals surface area (Å²) in [6.45, 7) is 5.71. The lowest BCUT2D eigenvalue weighted by Crippen LogP contribution is -2.43. The van der Waals surface area contributed by atoms with Gasteiger partial charge >= 0.3 is 0 Å². The van der Waals surface area contributed by atoms with Crippen molar-refractivity contribution in [2.75, 3.05) is 46.9 Å². The Morgan fingerprint density at radius 3 is 2.48 bits per heavy atom. The summed E-state index contributed by atoms with van der Waals surface area (Å²) in [5, 5.41) is 6.98. The van der Waals surface area contributed by atoms with Crippen molar-refractivity contribution in [3.05, 3.63) is 0 Å². The summed E-state index contributed by atoms with van der Waals surface area (Å²) >= 11 is 0. The van der Waals surface area contributed by atoms with Crippen molar-refractivity contribution < 1.29 is 9.53 Å². The van der Waals surface area contributed by atoms with Crippen LogP contribution < -0.4 is 10.6 Å². The van der Waals surface area contributed by atoms with E-state index in [1.807, 2.05) is 6.92 Å². The molecule has 2 fully saturated rings. The van der Waals surface area contributed by atoms with E-state index in [4.69, 9.17) is 4.74 Å². The highest BCUT2D eigenvalue weighted by molar-refractivity contribution is 14.0. The van der Waals surface area contributed by atoms with Crippen molar-refractivity contribution in [1.29, 1.82) is 0 Å². The van der Waals surface area contributed by atoms with E-state index in [1.54, 1.807) is 19.0 Å². The van der Waals surface area contributed by atoms with Crippen LogP contribution >= 0.6 is 24.0 Å². The van der Waals surface area contributed by atoms with Crippen LogP contribution in [0.25, 0.3) is 0 Å². The Morgan fingerprint density at radius 1 is 1.19 bits per heavy atom. The first kappa shape index (κ1) is 24.5. The second-order valence-corrected chi connectivity index (χ2v) is 8.14. The lowest BCUT2D eigenvalue weighted by atomic mass is 9.89. The number of hydrogen-bond donors (Lipinski definition) is 2. The van der Waals surface area contributed by atoms with Gasteiger partial charge in [0.05, 0.1) is 0 Å². The third-order valence-electron chi connectivity index (χ3n) is 5.72. The number of ether oxygens (including phenoxy) is 1. The second-order valence-electron chi connectivity index (χ2n) is 8.14. The molecule has 0 spiro atoms. The summed E-state index contributed by atoms with van der Waals surface area (Å²) in [6, 6.07) is 0. The van der Waals surface area contributed by atoms with Crippen molar-refractivity contribution in [2.45, 2.75) is 58.3 Å². The SMILES string of the molecule is CCOCCC1(CNC(=NCC(=O)N(C)C)NCC2CCCCC2)CC1.I. The minimum absolute atomic E-state index is 0. The van der Waals surface area contributed by atoms with Gasteiger partial charge in [0.15, 0.2) is 5.96 Å². The number of aliphatic imine (C=N–C) groups is 1. The molecular formula is C20H39IN4O2. The van der Waals surface area contributed by atoms with Gasteiger partial charge in [-0.1, -0.05) is 19.3 Å². The summed E-state index contributed by atoms with van der Waals surface area (Å²) in [7, 11) is 3.54. The number of guanidine groups is 1. The molecule has 0 unspecified atom stereocenters. The Labute approximate surface area is 182 Å². The van der Waals surface area contributed by atoms with E-state index in [9.17, 15) is 4.79 Å². The van der Waals surface area contributed by atoms with Crippen LogP contribution in [0.15, 0.2) is 4.99 Å². The molecule has 0 aliphatic heterocycles. The highest BCUT2D eigenvalue weighted by Gasteiger charge is 2.42. The highest BCUT2D eigenvalue weighted by Crippen LogP contribution is 2.48. The van der Waals surface area contributed by atoms with Crippen molar-refractivity contribution in [1.82, 2.24) is 15.5 Å². The van der Waals surface area contributed by atoms with Crippen LogP contribution in [0.4, 0.5) is 0 Å². The van der Waals surface area contributed by atoms with Gasteiger partial charge in [0.2, 0.25) is 5.91 Å². The van der Waals surface area contributed by atoms with Gasteiger partial charge in [0.1, 0.15) is 6.54 Å². The standard InChI is InChI=1S/C20H38N4O2.HI/c1-4-26-13-12-20(10-11-20)16-23-19(22-15-18(25)24(2)3)21-14-17-8-6-5-7-9-17;/h17H,4-16H2,1-3H3,(H2,21,22,23);1H. The molecule has 0 bridgehead atoms. The summed E-state index contributed by atoms with van der Waals surface area (Å²) < 4.78 is 5.52. The minimum Gasteiger partial charge on any atom is -0.382 e. The lowest BCUT2D eigenvalue weighted by molar-refractivity contribution is -0.127. The van der Waals surface area contributed by atoms with E-state index in [2.05, 4.69) is 15.6 Å². The van der Waals surface area contributed by atoms with Gasteiger partial charge in [-0.05, 0) is 50.4 Å². The number of halogens is 1. The molecule has 2 aliphatic carbocycles. The Balaban J connectivity index is 0.00000364. The highest BCUT2D eigenvalue weighted by atomic mass is 127. The zero-order chi connectivity index (χ0) is 18.8. The van der Waals surface area contributed by atoms with E-state index in [0.29, 0.717) is 5.41 Å².